The number of amides is 1. The molecule has 0 aliphatic heterocycles. The second kappa shape index (κ2) is 4.96. The molecule has 1 atom stereocenters. The molecule has 2 aromatic rings. The largest absolute Gasteiger partial charge is 0.453 e. The van der Waals surface area contributed by atoms with Crippen molar-refractivity contribution in [3.8, 4) is 0 Å². The molecule has 1 aromatic carbocycles. The molecule has 1 unspecified atom stereocenters. The lowest BCUT2D eigenvalue weighted by Gasteiger charge is -2.21. The fourth-order valence-electron chi connectivity index (χ4n) is 1.65. The first-order valence-electron chi connectivity index (χ1n) is 5.56. The highest BCUT2D eigenvalue weighted by Gasteiger charge is 2.26. The number of hydrogen-bond acceptors (Lipinski definition) is 4. The van der Waals surface area contributed by atoms with Crippen LogP contribution in [0.1, 0.15) is 11.8 Å². The molecule has 0 saturated carbocycles. The summed E-state index contributed by atoms with van der Waals surface area (Å²) in [5.41, 5.74) is -1.10. The molecule has 0 spiro atoms. The fourth-order valence-corrected chi connectivity index (χ4v) is 2.76. The van der Waals surface area contributed by atoms with E-state index in [1.165, 1.54) is 18.4 Å². The van der Waals surface area contributed by atoms with Gasteiger partial charge in [0.15, 0.2) is 0 Å². The van der Waals surface area contributed by atoms with Crippen molar-refractivity contribution in [2.24, 2.45) is 0 Å². The van der Waals surface area contributed by atoms with Crippen molar-refractivity contribution in [1.29, 1.82) is 0 Å². The van der Waals surface area contributed by atoms with E-state index in [-0.39, 0.29) is 6.54 Å². The number of aliphatic hydroxyl groups is 1. The van der Waals surface area contributed by atoms with E-state index in [1.807, 2.05) is 30.3 Å². The number of methoxy groups -OCH3 is 1. The number of alkyl carbamates (subject to hydrolysis) is 1. The minimum atomic E-state index is -1.10. The fraction of sp³-hybridized carbons (Fsp3) is 0.308. The van der Waals surface area contributed by atoms with Crippen LogP contribution >= 0.6 is 11.3 Å². The average Bonchev–Trinajstić information content (AvgIpc) is 2.80. The van der Waals surface area contributed by atoms with Crippen LogP contribution in [0.4, 0.5) is 4.79 Å². The van der Waals surface area contributed by atoms with Crippen molar-refractivity contribution in [1.82, 2.24) is 5.32 Å². The van der Waals surface area contributed by atoms with Gasteiger partial charge in [-0.15, -0.1) is 11.3 Å². The Morgan fingerprint density at radius 2 is 2.22 bits per heavy atom. The number of nitrogens with one attached hydrogen (secondary N) is 1. The summed E-state index contributed by atoms with van der Waals surface area (Å²) in [6.07, 6.45) is -0.545. The molecule has 18 heavy (non-hydrogen) atoms. The third-order valence-electron chi connectivity index (χ3n) is 2.72. The number of hydrogen-bond donors (Lipinski definition) is 2. The van der Waals surface area contributed by atoms with E-state index in [0.29, 0.717) is 0 Å². The monoisotopic (exact) mass is 265 g/mol. The summed E-state index contributed by atoms with van der Waals surface area (Å²) < 4.78 is 5.60. The molecule has 0 saturated heterocycles. The van der Waals surface area contributed by atoms with Gasteiger partial charge in [0.1, 0.15) is 5.60 Å². The minimum absolute atomic E-state index is 0.118. The standard InChI is InChI=1S/C13H15NO3S/c1-13(16,8-14-12(15)17-2)11-7-9-5-3-4-6-10(9)18-11/h3-7,16H,8H2,1-2H3,(H,14,15). The van der Waals surface area contributed by atoms with Crippen LogP contribution in [0.15, 0.2) is 30.3 Å². The quantitative estimate of drug-likeness (QED) is 0.896. The molecule has 1 aromatic heterocycles. The molecular formula is C13H15NO3S. The molecular weight excluding hydrogens is 250 g/mol. The Hall–Kier alpha value is -1.59. The molecule has 1 amide bonds. The lowest BCUT2D eigenvalue weighted by molar-refractivity contribution is 0.0590. The number of carbonyl (C=O) groups is 1. The summed E-state index contributed by atoms with van der Waals surface area (Å²) >= 11 is 1.52. The lowest BCUT2D eigenvalue weighted by Crippen LogP contribution is -2.37. The molecule has 0 aliphatic carbocycles. The van der Waals surface area contributed by atoms with Crippen molar-refractivity contribution in [2.45, 2.75) is 12.5 Å². The Morgan fingerprint density at radius 3 is 2.89 bits per heavy atom. The van der Waals surface area contributed by atoms with Crippen molar-refractivity contribution in [2.75, 3.05) is 13.7 Å². The van der Waals surface area contributed by atoms with Gasteiger partial charge in [0.2, 0.25) is 0 Å². The smallest absolute Gasteiger partial charge is 0.406 e. The van der Waals surface area contributed by atoms with Gasteiger partial charge in [0.25, 0.3) is 0 Å². The zero-order chi connectivity index (χ0) is 13.2. The maximum absolute atomic E-state index is 11.0. The van der Waals surface area contributed by atoms with E-state index in [9.17, 15) is 9.90 Å². The summed E-state index contributed by atoms with van der Waals surface area (Å²) in [5.74, 6) is 0. The zero-order valence-electron chi connectivity index (χ0n) is 10.3. The van der Waals surface area contributed by atoms with Crippen LogP contribution in [0.25, 0.3) is 10.1 Å². The van der Waals surface area contributed by atoms with Gasteiger partial charge in [0, 0.05) is 9.58 Å². The van der Waals surface area contributed by atoms with Gasteiger partial charge in [-0.1, -0.05) is 18.2 Å². The first kappa shape index (κ1) is 12.9. The normalized spacial score (nSPS) is 14.2. The Labute approximate surface area is 109 Å². The van der Waals surface area contributed by atoms with Crippen LogP contribution in [0, 0.1) is 0 Å². The second-order valence-electron chi connectivity index (χ2n) is 4.27. The van der Waals surface area contributed by atoms with Crippen LogP contribution in [0.3, 0.4) is 0 Å². The topological polar surface area (TPSA) is 58.6 Å². The number of ether oxygens (including phenoxy) is 1. The minimum Gasteiger partial charge on any atom is -0.453 e. The molecule has 1 heterocycles. The maximum atomic E-state index is 11.0. The highest BCUT2D eigenvalue weighted by atomic mass is 32.1. The predicted molar refractivity (Wildman–Crippen MR) is 71.8 cm³/mol. The first-order chi connectivity index (χ1) is 8.53. The van der Waals surface area contributed by atoms with Gasteiger partial charge in [-0.2, -0.15) is 0 Å². The highest BCUT2D eigenvalue weighted by molar-refractivity contribution is 7.19. The van der Waals surface area contributed by atoms with Gasteiger partial charge in [-0.25, -0.2) is 4.79 Å². The van der Waals surface area contributed by atoms with Crippen molar-refractivity contribution < 1.29 is 14.6 Å². The predicted octanol–water partition coefficient (Wildman–Crippen LogP) is 2.46. The van der Waals surface area contributed by atoms with Gasteiger partial charge in [-0.3, -0.25) is 0 Å². The molecule has 0 radical (unpaired) electrons. The Balaban J connectivity index is 2.20. The average molecular weight is 265 g/mol. The first-order valence-corrected chi connectivity index (χ1v) is 6.38. The van der Waals surface area contributed by atoms with Gasteiger partial charge in [0.05, 0.1) is 13.7 Å². The molecule has 96 valence electrons. The number of fused-ring (bicyclic) bond motifs is 1. The van der Waals surface area contributed by atoms with Gasteiger partial charge < -0.3 is 15.2 Å². The van der Waals surface area contributed by atoms with E-state index in [1.54, 1.807) is 6.92 Å². The summed E-state index contributed by atoms with van der Waals surface area (Å²) in [7, 11) is 1.30. The number of thiophene rings is 1. The van der Waals surface area contributed by atoms with Gasteiger partial charge >= 0.3 is 6.09 Å². The second-order valence-corrected chi connectivity index (χ2v) is 5.35. The summed E-state index contributed by atoms with van der Waals surface area (Å²) in [6, 6.07) is 9.87. The molecule has 4 nitrogen and oxygen atoms in total. The van der Waals surface area contributed by atoms with E-state index in [0.717, 1.165) is 15.0 Å². The lowest BCUT2D eigenvalue weighted by atomic mass is 10.0. The molecule has 0 aliphatic rings. The molecule has 5 heteroatoms. The van der Waals surface area contributed by atoms with Crippen LogP contribution in [0.5, 0.6) is 0 Å². The Morgan fingerprint density at radius 1 is 1.50 bits per heavy atom. The van der Waals surface area contributed by atoms with Crippen LogP contribution in [0.2, 0.25) is 0 Å². The summed E-state index contributed by atoms with van der Waals surface area (Å²) in [5, 5.41) is 14.0. The summed E-state index contributed by atoms with van der Waals surface area (Å²) in [4.78, 5) is 11.8. The SMILES string of the molecule is COC(=O)NCC(C)(O)c1cc2ccccc2s1. The number of rotatable bonds is 3. The summed E-state index contributed by atoms with van der Waals surface area (Å²) in [6.45, 7) is 1.79. The number of carbonyl (C=O) groups excluding carboxylic acids is 1. The highest BCUT2D eigenvalue weighted by Crippen LogP contribution is 2.32. The molecule has 0 fully saturated rings. The molecule has 0 bridgehead atoms. The van der Waals surface area contributed by atoms with E-state index in [4.69, 9.17) is 0 Å². The molecule has 2 N–H and O–H groups in total. The van der Waals surface area contributed by atoms with E-state index < -0.39 is 11.7 Å². The van der Waals surface area contributed by atoms with Gasteiger partial charge in [-0.05, 0) is 24.4 Å². The van der Waals surface area contributed by atoms with Crippen LogP contribution < -0.4 is 5.32 Å². The number of benzene rings is 1. The zero-order valence-corrected chi connectivity index (χ0v) is 11.1. The van der Waals surface area contributed by atoms with Crippen molar-refractivity contribution >= 4 is 27.5 Å². The Kier molecular flexibility index (Phi) is 3.54. The van der Waals surface area contributed by atoms with E-state index >= 15 is 0 Å². The molecule has 2 rings (SSSR count). The van der Waals surface area contributed by atoms with E-state index in [2.05, 4.69) is 10.1 Å². The third kappa shape index (κ3) is 2.63. The van der Waals surface area contributed by atoms with Crippen molar-refractivity contribution in [3.05, 3.63) is 35.2 Å². The Bertz CT molecular complexity index is 529. The van der Waals surface area contributed by atoms with Crippen molar-refractivity contribution in [3.63, 3.8) is 0 Å². The van der Waals surface area contributed by atoms with Crippen LogP contribution in [-0.4, -0.2) is 24.9 Å². The third-order valence-corrected chi connectivity index (χ3v) is 4.09. The maximum Gasteiger partial charge on any atom is 0.406 e. The van der Waals surface area contributed by atoms with Crippen LogP contribution in [-0.2, 0) is 10.3 Å².